The second kappa shape index (κ2) is 9.41. The number of rotatable bonds is 7. The third-order valence-electron chi connectivity index (χ3n) is 4.97. The second-order valence-electron chi connectivity index (χ2n) is 7.58. The summed E-state index contributed by atoms with van der Waals surface area (Å²) in [6.07, 6.45) is 0. The van der Waals surface area contributed by atoms with Crippen LogP contribution in [0.4, 0.5) is 0 Å². The van der Waals surface area contributed by atoms with E-state index in [9.17, 15) is 5.11 Å². The zero-order chi connectivity index (χ0) is 20.0. The highest BCUT2D eigenvalue weighted by atomic mass is 16.5. The largest absolute Gasteiger partial charge is 0.459 e. The molecule has 0 saturated carbocycles. The molecule has 2 aromatic rings. The van der Waals surface area contributed by atoms with E-state index in [1.165, 1.54) is 0 Å². The number of nitrogens with zero attached hydrogens (tertiary/aromatic N) is 2. The fourth-order valence-electron chi connectivity index (χ4n) is 3.44. The van der Waals surface area contributed by atoms with Gasteiger partial charge in [-0.3, -0.25) is 4.90 Å². The molecule has 28 heavy (non-hydrogen) atoms. The third-order valence-corrected chi connectivity index (χ3v) is 4.97. The normalized spacial score (nSPS) is 18.2. The molecule has 1 aromatic heterocycles. The summed E-state index contributed by atoms with van der Waals surface area (Å²) in [5.41, 5.74) is 1.15. The van der Waals surface area contributed by atoms with Crippen molar-refractivity contribution in [3.8, 4) is 0 Å². The minimum absolute atomic E-state index is 0.412. The van der Waals surface area contributed by atoms with Crippen LogP contribution >= 0.6 is 0 Å². The van der Waals surface area contributed by atoms with E-state index in [1.54, 1.807) is 0 Å². The summed E-state index contributed by atoms with van der Waals surface area (Å²) in [6.45, 7) is 11.3. The highest BCUT2D eigenvalue weighted by Gasteiger charge is 2.25. The molecule has 0 spiro atoms. The molecule has 1 aromatic carbocycles. The van der Waals surface area contributed by atoms with Gasteiger partial charge in [-0.25, -0.2) is 4.99 Å². The molecule has 0 radical (unpaired) electrons. The van der Waals surface area contributed by atoms with E-state index in [2.05, 4.69) is 33.5 Å². The number of aryl methyl sites for hydroxylation is 1. The number of aliphatic imine (C=N–C) groups is 1. The Morgan fingerprint density at radius 2 is 2.00 bits per heavy atom. The first kappa shape index (κ1) is 20.6. The van der Waals surface area contributed by atoms with Crippen molar-refractivity contribution < 1.29 is 14.3 Å². The maximum atomic E-state index is 10.8. The molecule has 154 valence electrons. The Bertz CT molecular complexity index is 794. The lowest BCUT2D eigenvalue weighted by atomic mass is 10.1. The van der Waals surface area contributed by atoms with Crippen LogP contribution in [0.2, 0.25) is 0 Å². The van der Waals surface area contributed by atoms with Crippen molar-refractivity contribution in [1.29, 1.82) is 0 Å². The molecule has 1 atom stereocenters. The second-order valence-corrected chi connectivity index (χ2v) is 7.58. The van der Waals surface area contributed by atoms with Crippen LogP contribution in [0.3, 0.4) is 0 Å². The number of furan rings is 1. The van der Waals surface area contributed by atoms with Crippen molar-refractivity contribution >= 4 is 16.9 Å². The molecule has 3 rings (SSSR count). The predicted octanol–water partition coefficient (Wildman–Crippen LogP) is 1.88. The topological polar surface area (TPSA) is 82.3 Å². The van der Waals surface area contributed by atoms with Gasteiger partial charge >= 0.3 is 0 Å². The lowest BCUT2D eigenvalue weighted by molar-refractivity contribution is -0.0201. The lowest BCUT2D eigenvalue weighted by Crippen LogP contribution is -2.52. The first-order valence-electron chi connectivity index (χ1n) is 10.00. The SMILES string of the molecule is CCNC(=NCc1oc2ccccc2c1C)NCC(C)(O)CN1CCOCC1. The Morgan fingerprint density at radius 1 is 1.25 bits per heavy atom. The monoisotopic (exact) mass is 388 g/mol. The summed E-state index contributed by atoms with van der Waals surface area (Å²) in [4.78, 5) is 6.87. The minimum Gasteiger partial charge on any atom is -0.459 e. The zero-order valence-corrected chi connectivity index (χ0v) is 17.1. The molecule has 7 nitrogen and oxygen atoms in total. The van der Waals surface area contributed by atoms with Gasteiger partial charge in [0.05, 0.1) is 18.8 Å². The molecule has 3 N–H and O–H groups in total. The van der Waals surface area contributed by atoms with Crippen LogP contribution in [0.25, 0.3) is 11.0 Å². The number of guanidine groups is 1. The van der Waals surface area contributed by atoms with E-state index in [0.717, 1.165) is 55.1 Å². The number of hydrogen-bond donors (Lipinski definition) is 3. The standard InChI is InChI=1S/C21H32N4O3/c1-4-22-20(24-14-21(3,26)15-25-9-11-27-12-10-25)23-13-19-16(2)17-7-5-6-8-18(17)28-19/h5-8,26H,4,9-15H2,1-3H3,(H2,22,23,24). The van der Waals surface area contributed by atoms with Gasteiger partial charge in [0.15, 0.2) is 5.96 Å². The molecule has 2 heterocycles. The molecule has 1 unspecified atom stereocenters. The van der Waals surface area contributed by atoms with E-state index in [-0.39, 0.29) is 0 Å². The Hall–Kier alpha value is -2.09. The van der Waals surface area contributed by atoms with Gasteiger partial charge in [-0.15, -0.1) is 0 Å². The molecule has 0 bridgehead atoms. The summed E-state index contributed by atoms with van der Waals surface area (Å²) >= 11 is 0. The van der Waals surface area contributed by atoms with E-state index in [4.69, 9.17) is 9.15 Å². The molecular formula is C21H32N4O3. The van der Waals surface area contributed by atoms with Crippen LogP contribution in [0.5, 0.6) is 0 Å². The summed E-state index contributed by atoms with van der Waals surface area (Å²) in [5, 5.41) is 18.4. The van der Waals surface area contributed by atoms with Gasteiger partial charge in [-0.2, -0.15) is 0 Å². The number of nitrogens with one attached hydrogen (secondary N) is 2. The maximum Gasteiger partial charge on any atom is 0.191 e. The number of para-hydroxylation sites is 1. The van der Waals surface area contributed by atoms with Gasteiger partial charge in [0.2, 0.25) is 0 Å². The number of benzene rings is 1. The smallest absolute Gasteiger partial charge is 0.191 e. The summed E-state index contributed by atoms with van der Waals surface area (Å²) < 4.78 is 11.3. The molecule has 1 fully saturated rings. The molecular weight excluding hydrogens is 356 g/mol. The van der Waals surface area contributed by atoms with Crippen LogP contribution in [-0.2, 0) is 11.3 Å². The Balaban J connectivity index is 1.60. The molecule has 7 heteroatoms. The number of hydrogen-bond acceptors (Lipinski definition) is 5. The van der Waals surface area contributed by atoms with Crippen molar-refractivity contribution in [2.24, 2.45) is 4.99 Å². The minimum atomic E-state index is -0.858. The first-order chi connectivity index (χ1) is 13.5. The number of morpholine rings is 1. The predicted molar refractivity (Wildman–Crippen MR) is 112 cm³/mol. The van der Waals surface area contributed by atoms with Gasteiger partial charge in [0.1, 0.15) is 17.9 Å². The third kappa shape index (κ3) is 5.47. The zero-order valence-electron chi connectivity index (χ0n) is 17.1. The molecule has 1 aliphatic heterocycles. The average molecular weight is 389 g/mol. The molecule has 0 aliphatic carbocycles. The Morgan fingerprint density at radius 3 is 2.71 bits per heavy atom. The van der Waals surface area contributed by atoms with Crippen molar-refractivity contribution in [1.82, 2.24) is 15.5 Å². The van der Waals surface area contributed by atoms with Crippen LogP contribution < -0.4 is 10.6 Å². The summed E-state index contributed by atoms with van der Waals surface area (Å²) in [5.74, 6) is 1.53. The van der Waals surface area contributed by atoms with Crippen LogP contribution in [0, 0.1) is 6.92 Å². The fraction of sp³-hybridized carbons (Fsp3) is 0.571. The Kier molecular flexibility index (Phi) is 6.93. The Labute approximate surface area is 166 Å². The van der Waals surface area contributed by atoms with Crippen LogP contribution in [0.15, 0.2) is 33.7 Å². The quantitative estimate of drug-likeness (QED) is 0.496. The molecule has 0 amide bonds. The number of β-amino-alcohol motifs (C(OH)–C–C–N with tert-alkyl or cyclic N) is 1. The number of fused-ring (bicyclic) bond motifs is 1. The van der Waals surface area contributed by atoms with Crippen LogP contribution in [-0.4, -0.2) is 67.5 Å². The average Bonchev–Trinajstić information content (AvgIpc) is 3.01. The lowest BCUT2D eigenvalue weighted by Gasteiger charge is -2.34. The van der Waals surface area contributed by atoms with E-state index >= 15 is 0 Å². The highest BCUT2D eigenvalue weighted by molar-refractivity contribution is 5.82. The van der Waals surface area contributed by atoms with Crippen LogP contribution in [0.1, 0.15) is 25.2 Å². The summed E-state index contributed by atoms with van der Waals surface area (Å²) in [7, 11) is 0. The van der Waals surface area contributed by atoms with Gasteiger partial charge in [-0.1, -0.05) is 18.2 Å². The van der Waals surface area contributed by atoms with E-state index < -0.39 is 5.60 Å². The maximum absolute atomic E-state index is 10.8. The van der Waals surface area contributed by atoms with Gasteiger partial charge in [-0.05, 0) is 26.8 Å². The van der Waals surface area contributed by atoms with Gasteiger partial charge in [0.25, 0.3) is 0 Å². The number of aliphatic hydroxyl groups is 1. The van der Waals surface area contributed by atoms with Crippen molar-refractivity contribution in [3.05, 3.63) is 35.6 Å². The van der Waals surface area contributed by atoms with Crippen molar-refractivity contribution in [2.75, 3.05) is 45.9 Å². The fourth-order valence-corrected chi connectivity index (χ4v) is 3.44. The molecule has 1 aliphatic rings. The highest BCUT2D eigenvalue weighted by Crippen LogP contribution is 2.25. The molecule has 1 saturated heterocycles. The van der Waals surface area contributed by atoms with Crippen molar-refractivity contribution in [3.63, 3.8) is 0 Å². The summed E-state index contributed by atoms with van der Waals surface area (Å²) in [6, 6.07) is 8.02. The van der Waals surface area contributed by atoms with Gasteiger partial charge in [0, 0.05) is 43.7 Å². The van der Waals surface area contributed by atoms with Crippen molar-refractivity contribution in [2.45, 2.75) is 32.9 Å². The van der Waals surface area contributed by atoms with E-state index in [0.29, 0.717) is 25.6 Å². The number of ether oxygens (including phenoxy) is 1. The first-order valence-corrected chi connectivity index (χ1v) is 10.00. The van der Waals surface area contributed by atoms with Gasteiger partial charge < -0.3 is 24.9 Å². The van der Waals surface area contributed by atoms with E-state index in [1.807, 2.05) is 32.0 Å².